The van der Waals surface area contributed by atoms with Crippen molar-refractivity contribution in [2.75, 3.05) is 4.90 Å². The van der Waals surface area contributed by atoms with Crippen LogP contribution in [0.25, 0.3) is 33.1 Å². The van der Waals surface area contributed by atoms with Gasteiger partial charge >= 0.3 is 0 Å². The van der Waals surface area contributed by atoms with Gasteiger partial charge in [-0.15, -0.1) is 0 Å². The third-order valence-corrected chi connectivity index (χ3v) is 7.70. The van der Waals surface area contributed by atoms with Crippen LogP contribution >= 0.6 is 0 Å². The number of anilines is 3. The van der Waals surface area contributed by atoms with Gasteiger partial charge in [0, 0.05) is 38.8 Å². The average Bonchev–Trinajstić information content (AvgIpc) is 3.38. The van der Waals surface area contributed by atoms with Crippen molar-refractivity contribution in [3.8, 4) is 11.1 Å². The van der Waals surface area contributed by atoms with E-state index in [2.05, 4.69) is 129 Å². The number of fused-ring (bicyclic) bond motifs is 7. The Kier molecular flexibility index (Phi) is 4.44. The molecule has 7 rings (SSSR count). The van der Waals surface area contributed by atoms with E-state index in [9.17, 15) is 0 Å². The van der Waals surface area contributed by atoms with E-state index < -0.39 is 0 Å². The van der Waals surface area contributed by atoms with Crippen LogP contribution in [0.4, 0.5) is 17.1 Å². The first-order valence-electron chi connectivity index (χ1n) is 12.5. The van der Waals surface area contributed by atoms with Gasteiger partial charge in [-0.25, -0.2) is 0 Å². The molecule has 1 heterocycles. The van der Waals surface area contributed by atoms with Crippen LogP contribution in [0, 0.1) is 6.92 Å². The van der Waals surface area contributed by atoms with Gasteiger partial charge in [-0.2, -0.15) is 0 Å². The predicted molar refractivity (Wildman–Crippen MR) is 151 cm³/mol. The summed E-state index contributed by atoms with van der Waals surface area (Å²) in [6, 6.07) is 39.1. The van der Waals surface area contributed by atoms with Gasteiger partial charge < -0.3 is 9.32 Å². The summed E-state index contributed by atoms with van der Waals surface area (Å²) in [7, 11) is 0. The summed E-state index contributed by atoms with van der Waals surface area (Å²) in [5.74, 6) is 0. The number of para-hydroxylation sites is 2. The Morgan fingerprint density at radius 3 is 2.19 bits per heavy atom. The second-order valence-electron chi connectivity index (χ2n) is 10.3. The molecule has 0 bridgehead atoms. The fourth-order valence-electron chi connectivity index (χ4n) is 5.92. The number of aryl methyl sites for hydroxylation is 1. The molecule has 36 heavy (non-hydrogen) atoms. The standard InChI is InChI=1S/C34H27NO/c1-22-10-9-13-24(20-22)35(23-11-5-4-6-12-23)25-16-17-28-30(21-25)34(2,3)29-19-18-27-26-14-7-8-15-31(26)36-33(27)32(28)29/h4-21H,1-3H3. The topological polar surface area (TPSA) is 16.4 Å². The maximum absolute atomic E-state index is 6.46. The quantitative estimate of drug-likeness (QED) is 0.259. The van der Waals surface area contributed by atoms with Crippen LogP contribution in [0.15, 0.2) is 114 Å². The molecule has 1 aromatic heterocycles. The molecule has 0 saturated carbocycles. The van der Waals surface area contributed by atoms with Crippen molar-refractivity contribution in [1.29, 1.82) is 0 Å². The highest BCUT2D eigenvalue weighted by molar-refractivity contribution is 6.11. The number of nitrogens with zero attached hydrogens (tertiary/aromatic N) is 1. The Labute approximate surface area is 211 Å². The highest BCUT2D eigenvalue weighted by atomic mass is 16.3. The van der Waals surface area contributed by atoms with E-state index >= 15 is 0 Å². The van der Waals surface area contributed by atoms with E-state index in [0.717, 1.165) is 28.2 Å². The first-order chi connectivity index (χ1) is 17.5. The molecule has 0 N–H and O–H groups in total. The van der Waals surface area contributed by atoms with Gasteiger partial charge in [0.25, 0.3) is 0 Å². The highest BCUT2D eigenvalue weighted by Crippen LogP contribution is 2.53. The molecule has 0 fully saturated rings. The second kappa shape index (κ2) is 7.60. The maximum Gasteiger partial charge on any atom is 0.143 e. The largest absolute Gasteiger partial charge is 0.455 e. The monoisotopic (exact) mass is 465 g/mol. The third-order valence-electron chi connectivity index (χ3n) is 7.70. The summed E-state index contributed by atoms with van der Waals surface area (Å²) in [5, 5.41) is 2.36. The van der Waals surface area contributed by atoms with Crippen LogP contribution in [0.3, 0.4) is 0 Å². The summed E-state index contributed by atoms with van der Waals surface area (Å²) in [6.07, 6.45) is 0. The van der Waals surface area contributed by atoms with Crippen molar-refractivity contribution in [3.05, 3.63) is 126 Å². The van der Waals surface area contributed by atoms with Crippen LogP contribution in [0.2, 0.25) is 0 Å². The van der Waals surface area contributed by atoms with E-state index in [1.165, 1.54) is 38.6 Å². The maximum atomic E-state index is 6.46. The van der Waals surface area contributed by atoms with Gasteiger partial charge in [0.2, 0.25) is 0 Å². The Morgan fingerprint density at radius 1 is 0.611 bits per heavy atom. The molecule has 5 aromatic carbocycles. The molecular weight excluding hydrogens is 438 g/mol. The minimum Gasteiger partial charge on any atom is -0.455 e. The van der Waals surface area contributed by atoms with E-state index in [1.54, 1.807) is 0 Å². The van der Waals surface area contributed by atoms with Gasteiger partial charge in [0.15, 0.2) is 0 Å². The fraction of sp³-hybridized carbons (Fsp3) is 0.118. The van der Waals surface area contributed by atoms with E-state index in [0.29, 0.717) is 0 Å². The van der Waals surface area contributed by atoms with E-state index in [1.807, 2.05) is 6.07 Å². The lowest BCUT2D eigenvalue weighted by Crippen LogP contribution is -2.16. The molecular formula is C34H27NO. The summed E-state index contributed by atoms with van der Waals surface area (Å²) < 4.78 is 6.46. The number of benzene rings is 5. The van der Waals surface area contributed by atoms with Crippen molar-refractivity contribution in [1.82, 2.24) is 0 Å². The molecule has 1 aliphatic rings. The van der Waals surface area contributed by atoms with Crippen molar-refractivity contribution in [2.45, 2.75) is 26.2 Å². The second-order valence-corrected chi connectivity index (χ2v) is 10.3. The summed E-state index contributed by atoms with van der Waals surface area (Å²) in [5.41, 5.74) is 11.7. The third kappa shape index (κ3) is 2.97. The minimum absolute atomic E-state index is 0.136. The minimum atomic E-state index is -0.136. The normalized spacial score (nSPS) is 13.6. The lowest BCUT2D eigenvalue weighted by Gasteiger charge is -2.28. The molecule has 2 nitrogen and oxygen atoms in total. The predicted octanol–water partition coefficient (Wildman–Crippen LogP) is 9.67. The summed E-state index contributed by atoms with van der Waals surface area (Å²) in [4.78, 5) is 2.35. The van der Waals surface area contributed by atoms with Gasteiger partial charge in [0.1, 0.15) is 11.2 Å². The van der Waals surface area contributed by atoms with E-state index in [-0.39, 0.29) is 5.41 Å². The van der Waals surface area contributed by atoms with Gasteiger partial charge in [-0.1, -0.05) is 80.6 Å². The van der Waals surface area contributed by atoms with Crippen molar-refractivity contribution < 1.29 is 4.42 Å². The molecule has 6 aromatic rings. The molecule has 0 atom stereocenters. The van der Waals surface area contributed by atoms with Crippen LogP contribution in [-0.2, 0) is 5.41 Å². The zero-order chi connectivity index (χ0) is 24.4. The smallest absolute Gasteiger partial charge is 0.143 e. The molecule has 0 saturated heterocycles. The molecule has 0 amide bonds. The van der Waals surface area contributed by atoms with Crippen molar-refractivity contribution in [3.63, 3.8) is 0 Å². The van der Waals surface area contributed by atoms with Crippen LogP contribution < -0.4 is 4.90 Å². The van der Waals surface area contributed by atoms with Crippen molar-refractivity contribution in [2.24, 2.45) is 0 Å². The SMILES string of the molecule is Cc1cccc(N(c2ccccc2)c2ccc3c(c2)C(C)(C)c2ccc4c(oc5ccccc54)c2-3)c1. The Balaban J connectivity index is 1.46. The first kappa shape index (κ1) is 21.0. The number of furan rings is 1. The lowest BCUT2D eigenvalue weighted by atomic mass is 9.82. The molecule has 2 heteroatoms. The number of hydrogen-bond acceptors (Lipinski definition) is 2. The fourth-order valence-corrected chi connectivity index (χ4v) is 5.92. The van der Waals surface area contributed by atoms with Gasteiger partial charge in [0.05, 0.1) is 0 Å². The van der Waals surface area contributed by atoms with Gasteiger partial charge in [-0.3, -0.25) is 0 Å². The number of rotatable bonds is 3. The van der Waals surface area contributed by atoms with Crippen LogP contribution in [0.1, 0.15) is 30.5 Å². The molecule has 174 valence electrons. The average molecular weight is 466 g/mol. The Morgan fingerprint density at radius 2 is 1.36 bits per heavy atom. The molecule has 0 spiro atoms. The molecule has 0 radical (unpaired) electrons. The molecule has 1 aliphatic carbocycles. The molecule has 0 aliphatic heterocycles. The van der Waals surface area contributed by atoms with Crippen LogP contribution in [0.5, 0.6) is 0 Å². The zero-order valence-corrected chi connectivity index (χ0v) is 20.7. The molecule has 0 unspecified atom stereocenters. The van der Waals surface area contributed by atoms with Crippen LogP contribution in [-0.4, -0.2) is 0 Å². The van der Waals surface area contributed by atoms with Crippen molar-refractivity contribution >= 4 is 39.0 Å². The summed E-state index contributed by atoms with van der Waals surface area (Å²) >= 11 is 0. The summed E-state index contributed by atoms with van der Waals surface area (Å²) in [6.45, 7) is 6.80. The zero-order valence-electron chi connectivity index (χ0n) is 20.7. The number of hydrogen-bond donors (Lipinski definition) is 0. The van der Waals surface area contributed by atoms with Gasteiger partial charge in [-0.05, 0) is 71.6 Å². The Hall–Kier alpha value is -4.30. The Bertz CT molecular complexity index is 1770. The highest BCUT2D eigenvalue weighted by Gasteiger charge is 2.38. The lowest BCUT2D eigenvalue weighted by molar-refractivity contribution is 0.653. The first-order valence-corrected chi connectivity index (χ1v) is 12.5. The van der Waals surface area contributed by atoms with E-state index in [4.69, 9.17) is 4.42 Å².